The molecule has 0 fully saturated rings. The first kappa shape index (κ1) is 17.3. The fourth-order valence-corrected chi connectivity index (χ4v) is 1.44. The van der Waals surface area contributed by atoms with Crippen LogP contribution in [0.2, 0.25) is 0 Å². The molecule has 0 amide bonds. The van der Waals surface area contributed by atoms with Gasteiger partial charge in [0, 0.05) is 0 Å². The molecule has 1 aromatic rings. The molecular formula is C10H13ClF2N2O4. The third kappa shape index (κ3) is 3.65. The molecule has 0 saturated heterocycles. The van der Waals surface area contributed by atoms with E-state index in [1.165, 1.54) is 14.2 Å². The molecule has 9 heteroatoms. The third-order valence-corrected chi connectivity index (χ3v) is 2.36. The summed E-state index contributed by atoms with van der Waals surface area (Å²) >= 11 is 0. The number of nitro benzene ring substituents is 1. The van der Waals surface area contributed by atoms with Crippen LogP contribution >= 0.6 is 12.4 Å². The van der Waals surface area contributed by atoms with Crippen LogP contribution in [0, 0.1) is 10.1 Å². The quantitative estimate of drug-likeness (QED) is 0.665. The second kappa shape index (κ2) is 7.05. The smallest absolute Gasteiger partial charge is 0.278 e. The summed E-state index contributed by atoms with van der Waals surface area (Å²) in [5.41, 5.74) is 4.41. The summed E-state index contributed by atoms with van der Waals surface area (Å²) in [5, 5.41) is 10.8. The molecule has 0 aliphatic heterocycles. The van der Waals surface area contributed by atoms with Crippen molar-refractivity contribution in [3.8, 4) is 11.5 Å². The Morgan fingerprint density at radius 3 is 2.11 bits per heavy atom. The van der Waals surface area contributed by atoms with Crippen LogP contribution in [0.3, 0.4) is 0 Å². The molecule has 0 aromatic heterocycles. The molecule has 1 aromatic carbocycles. The number of hydrogen-bond acceptors (Lipinski definition) is 5. The molecule has 108 valence electrons. The molecule has 0 aliphatic carbocycles. The van der Waals surface area contributed by atoms with Crippen LogP contribution in [-0.2, 0) is 0 Å². The van der Waals surface area contributed by atoms with E-state index in [-0.39, 0.29) is 29.5 Å². The largest absolute Gasteiger partial charge is 0.493 e. The number of alkyl halides is 2. The first-order chi connectivity index (χ1) is 8.42. The van der Waals surface area contributed by atoms with Gasteiger partial charge in [-0.3, -0.25) is 10.1 Å². The highest BCUT2D eigenvalue weighted by atomic mass is 35.5. The number of nitrogens with two attached hydrogens (primary N) is 1. The summed E-state index contributed by atoms with van der Waals surface area (Å²) in [5.74, 6) is 0.184. The average molecular weight is 299 g/mol. The molecule has 19 heavy (non-hydrogen) atoms. The number of ether oxygens (including phenoxy) is 2. The fourth-order valence-electron chi connectivity index (χ4n) is 1.44. The van der Waals surface area contributed by atoms with E-state index >= 15 is 0 Å². The lowest BCUT2D eigenvalue weighted by Gasteiger charge is -2.14. The standard InChI is InChI=1S/C10H12F2N2O4.ClH/c1-17-7-3-5(9(13)10(11)12)6(14(15)16)4-8(7)18-2;/h3-4,9-10H,13H2,1-2H3;1H/t9-;/m0./s1. The number of hydrogen-bond donors (Lipinski definition) is 1. The number of methoxy groups -OCH3 is 2. The van der Waals surface area contributed by atoms with E-state index in [1.54, 1.807) is 0 Å². The highest BCUT2D eigenvalue weighted by Crippen LogP contribution is 2.37. The molecule has 0 heterocycles. The lowest BCUT2D eigenvalue weighted by Crippen LogP contribution is -2.20. The third-order valence-electron chi connectivity index (χ3n) is 2.36. The summed E-state index contributed by atoms with van der Waals surface area (Å²) in [4.78, 5) is 10.0. The number of nitrogens with zero attached hydrogens (tertiary/aromatic N) is 1. The SMILES string of the molecule is COc1cc([C@H](N)C(F)F)c([N+](=O)[O-])cc1OC.Cl. The van der Waals surface area contributed by atoms with Crippen LogP contribution in [0.5, 0.6) is 11.5 Å². The van der Waals surface area contributed by atoms with Gasteiger partial charge in [-0.2, -0.15) is 0 Å². The Kier molecular flexibility index (Phi) is 6.43. The number of rotatable bonds is 5. The number of benzene rings is 1. The summed E-state index contributed by atoms with van der Waals surface area (Å²) < 4.78 is 34.9. The van der Waals surface area contributed by atoms with Gasteiger partial charge >= 0.3 is 0 Å². The Labute approximate surface area is 114 Å². The maximum Gasteiger partial charge on any atom is 0.278 e. The van der Waals surface area contributed by atoms with E-state index < -0.39 is 23.1 Å². The van der Waals surface area contributed by atoms with Gasteiger partial charge in [-0.1, -0.05) is 0 Å². The van der Waals surface area contributed by atoms with E-state index in [2.05, 4.69) is 0 Å². The molecule has 1 rings (SSSR count). The van der Waals surface area contributed by atoms with Crippen LogP contribution < -0.4 is 15.2 Å². The van der Waals surface area contributed by atoms with Gasteiger partial charge in [0.25, 0.3) is 12.1 Å². The zero-order valence-corrected chi connectivity index (χ0v) is 10.9. The Balaban J connectivity index is 0.00000324. The lowest BCUT2D eigenvalue weighted by atomic mass is 10.0. The highest BCUT2D eigenvalue weighted by molar-refractivity contribution is 5.85. The molecule has 0 aliphatic rings. The maximum atomic E-state index is 12.6. The zero-order chi connectivity index (χ0) is 13.9. The van der Waals surface area contributed by atoms with Gasteiger partial charge in [-0.25, -0.2) is 8.78 Å². The summed E-state index contributed by atoms with van der Waals surface area (Å²) in [7, 11) is 2.58. The summed E-state index contributed by atoms with van der Waals surface area (Å²) in [6.45, 7) is 0. The van der Waals surface area contributed by atoms with Crippen LogP contribution in [0.1, 0.15) is 11.6 Å². The first-order valence-electron chi connectivity index (χ1n) is 4.86. The fraction of sp³-hybridized carbons (Fsp3) is 0.400. The van der Waals surface area contributed by atoms with Gasteiger partial charge in [0.1, 0.15) is 0 Å². The van der Waals surface area contributed by atoms with Crippen molar-refractivity contribution in [1.29, 1.82) is 0 Å². The van der Waals surface area contributed by atoms with E-state index in [0.717, 1.165) is 12.1 Å². The summed E-state index contributed by atoms with van der Waals surface area (Å²) in [6.07, 6.45) is -2.91. The van der Waals surface area contributed by atoms with Gasteiger partial charge in [-0.15, -0.1) is 12.4 Å². The van der Waals surface area contributed by atoms with Crippen molar-refractivity contribution in [2.45, 2.75) is 12.5 Å². The topological polar surface area (TPSA) is 87.6 Å². The Bertz CT molecular complexity index is 459. The van der Waals surface area contributed by atoms with Gasteiger partial charge in [0.2, 0.25) is 0 Å². The number of nitro groups is 1. The predicted molar refractivity (Wildman–Crippen MR) is 66.4 cm³/mol. The van der Waals surface area contributed by atoms with Crippen molar-refractivity contribution < 1.29 is 23.2 Å². The Morgan fingerprint density at radius 1 is 1.26 bits per heavy atom. The van der Waals surface area contributed by atoms with Crippen LogP contribution in [-0.4, -0.2) is 25.6 Å². The van der Waals surface area contributed by atoms with Gasteiger partial charge in [-0.05, 0) is 6.07 Å². The molecule has 1 atom stereocenters. The van der Waals surface area contributed by atoms with Crippen molar-refractivity contribution in [2.75, 3.05) is 14.2 Å². The lowest BCUT2D eigenvalue weighted by molar-refractivity contribution is -0.386. The normalized spacial score (nSPS) is 11.7. The second-order valence-corrected chi connectivity index (χ2v) is 3.38. The molecule has 2 N–H and O–H groups in total. The molecule has 0 saturated carbocycles. The van der Waals surface area contributed by atoms with Crippen molar-refractivity contribution >= 4 is 18.1 Å². The van der Waals surface area contributed by atoms with Crippen LogP contribution in [0.15, 0.2) is 12.1 Å². The minimum absolute atomic E-state index is 0. The highest BCUT2D eigenvalue weighted by Gasteiger charge is 2.28. The second-order valence-electron chi connectivity index (χ2n) is 3.38. The van der Waals surface area contributed by atoms with Gasteiger partial charge < -0.3 is 15.2 Å². The molecular weight excluding hydrogens is 286 g/mol. The van der Waals surface area contributed by atoms with E-state index in [9.17, 15) is 18.9 Å². The van der Waals surface area contributed by atoms with Crippen molar-refractivity contribution in [3.63, 3.8) is 0 Å². The van der Waals surface area contributed by atoms with Crippen molar-refractivity contribution in [1.82, 2.24) is 0 Å². The molecule has 0 spiro atoms. The van der Waals surface area contributed by atoms with Gasteiger partial charge in [0.05, 0.1) is 36.8 Å². The van der Waals surface area contributed by atoms with Crippen molar-refractivity contribution in [3.05, 3.63) is 27.8 Å². The molecule has 0 radical (unpaired) electrons. The summed E-state index contributed by atoms with van der Waals surface area (Å²) in [6, 6.07) is 0.342. The molecule has 6 nitrogen and oxygen atoms in total. The van der Waals surface area contributed by atoms with E-state index in [0.29, 0.717) is 0 Å². The van der Waals surface area contributed by atoms with E-state index in [1.807, 2.05) is 0 Å². The molecule has 0 bridgehead atoms. The average Bonchev–Trinajstić information content (AvgIpc) is 2.35. The molecule has 0 unspecified atom stereocenters. The zero-order valence-electron chi connectivity index (χ0n) is 10.1. The van der Waals surface area contributed by atoms with E-state index in [4.69, 9.17) is 15.2 Å². The Morgan fingerprint density at radius 2 is 1.74 bits per heavy atom. The monoisotopic (exact) mass is 298 g/mol. The van der Waals surface area contributed by atoms with Gasteiger partial charge in [0.15, 0.2) is 11.5 Å². The first-order valence-corrected chi connectivity index (χ1v) is 4.86. The van der Waals surface area contributed by atoms with Crippen molar-refractivity contribution in [2.24, 2.45) is 5.73 Å². The van der Waals surface area contributed by atoms with Crippen LogP contribution in [0.4, 0.5) is 14.5 Å². The maximum absolute atomic E-state index is 12.6. The van der Waals surface area contributed by atoms with Crippen LogP contribution in [0.25, 0.3) is 0 Å². The Hall–Kier alpha value is -1.67. The predicted octanol–water partition coefficient (Wildman–Crippen LogP) is 2.30. The number of halogens is 3. The minimum Gasteiger partial charge on any atom is -0.493 e. The minimum atomic E-state index is -2.91.